The van der Waals surface area contributed by atoms with Gasteiger partial charge in [0.25, 0.3) is 11.8 Å². The van der Waals surface area contributed by atoms with E-state index < -0.39 is 29.7 Å². The summed E-state index contributed by atoms with van der Waals surface area (Å²) in [5, 5.41) is 13.7. The second kappa shape index (κ2) is 6.99. The Labute approximate surface area is 173 Å². The highest BCUT2D eigenvalue weighted by Gasteiger charge is 2.55. The van der Waals surface area contributed by atoms with Crippen LogP contribution in [0.1, 0.15) is 5.89 Å². The third kappa shape index (κ3) is 3.01. The van der Waals surface area contributed by atoms with Crippen LogP contribution in [0.15, 0.2) is 63.4 Å². The van der Waals surface area contributed by atoms with Gasteiger partial charge >= 0.3 is 0 Å². The van der Waals surface area contributed by atoms with Gasteiger partial charge < -0.3 is 4.52 Å². The minimum absolute atomic E-state index is 0.00545. The highest BCUT2D eigenvalue weighted by Crippen LogP contribution is 2.33. The number of aromatic nitrogens is 2. The Bertz CT molecular complexity index is 1180. The van der Waals surface area contributed by atoms with Crippen LogP contribution < -0.4 is 4.90 Å². The second-order valence-corrected chi connectivity index (χ2v) is 7.14. The van der Waals surface area contributed by atoms with E-state index in [4.69, 9.17) is 16.1 Å². The van der Waals surface area contributed by atoms with Gasteiger partial charge in [-0.25, -0.2) is 9.29 Å². The average Bonchev–Trinajstić information content (AvgIpc) is 3.42. The van der Waals surface area contributed by atoms with Crippen LogP contribution in [-0.4, -0.2) is 39.0 Å². The lowest BCUT2D eigenvalue weighted by Crippen LogP contribution is -2.39. The largest absolute Gasteiger partial charge is 0.337 e. The van der Waals surface area contributed by atoms with E-state index in [1.54, 1.807) is 24.3 Å². The van der Waals surface area contributed by atoms with Gasteiger partial charge in [0.15, 0.2) is 12.1 Å². The summed E-state index contributed by atoms with van der Waals surface area (Å²) in [7, 11) is 0. The van der Waals surface area contributed by atoms with Gasteiger partial charge in [0, 0.05) is 10.6 Å². The normalized spacial score (nSPS) is 20.3. The zero-order valence-corrected chi connectivity index (χ0v) is 15.9. The first-order chi connectivity index (χ1) is 14.5. The number of hydrogen-bond donors (Lipinski definition) is 0. The summed E-state index contributed by atoms with van der Waals surface area (Å²) < 4.78 is 18.4. The number of hydrogen-bond acceptors (Lipinski definition) is 8. The summed E-state index contributed by atoms with van der Waals surface area (Å²) >= 11 is 5.99. The summed E-state index contributed by atoms with van der Waals surface area (Å²) in [6.07, 6.45) is 0. The second-order valence-electron chi connectivity index (χ2n) is 6.70. The Morgan fingerprint density at radius 2 is 1.90 bits per heavy atom. The number of carbonyl (C=O) groups excluding carboxylic acids is 2. The van der Waals surface area contributed by atoms with Crippen molar-refractivity contribution in [1.82, 2.24) is 15.1 Å². The smallest absolute Gasteiger partial charge is 0.263 e. The molecule has 0 spiro atoms. The fraction of sp³-hybridized carbons (Fsp3) is 0.158. The molecule has 2 unspecified atom stereocenters. The number of rotatable bonds is 4. The van der Waals surface area contributed by atoms with Crippen LogP contribution in [0.4, 0.5) is 10.1 Å². The van der Waals surface area contributed by atoms with Crippen molar-refractivity contribution < 1.29 is 18.5 Å². The summed E-state index contributed by atoms with van der Waals surface area (Å²) in [4.78, 5) is 30.9. The molecule has 1 saturated heterocycles. The number of carbonyl (C=O) groups is 2. The highest BCUT2D eigenvalue weighted by atomic mass is 35.5. The van der Waals surface area contributed by atoms with Crippen molar-refractivity contribution in [2.24, 2.45) is 10.3 Å². The molecular formula is C19H12ClFN6O3. The molecule has 0 saturated carbocycles. The number of benzene rings is 2. The topological polar surface area (TPSA) is 104 Å². The summed E-state index contributed by atoms with van der Waals surface area (Å²) in [6, 6.07) is 10.2. The molecule has 2 atom stereocenters. The number of imide groups is 1. The highest BCUT2D eigenvalue weighted by molar-refractivity contribution is 6.30. The fourth-order valence-electron chi connectivity index (χ4n) is 3.40. The number of fused-ring (bicyclic) bond motifs is 1. The molecule has 3 heterocycles. The molecule has 1 fully saturated rings. The van der Waals surface area contributed by atoms with Crippen LogP contribution in [0, 0.1) is 5.82 Å². The first kappa shape index (κ1) is 18.4. The average molecular weight is 427 g/mol. The molecule has 2 aromatic carbocycles. The van der Waals surface area contributed by atoms with E-state index in [-0.39, 0.29) is 18.1 Å². The van der Waals surface area contributed by atoms with E-state index in [0.717, 1.165) is 4.90 Å². The van der Waals surface area contributed by atoms with E-state index in [1.807, 2.05) is 0 Å². The van der Waals surface area contributed by atoms with Crippen molar-refractivity contribution >= 4 is 29.1 Å². The van der Waals surface area contributed by atoms with Gasteiger partial charge in [-0.05, 0) is 36.4 Å². The molecule has 2 aliphatic rings. The van der Waals surface area contributed by atoms with E-state index in [9.17, 15) is 14.0 Å². The lowest BCUT2D eigenvalue weighted by molar-refractivity contribution is -0.123. The van der Waals surface area contributed by atoms with Gasteiger partial charge in [0.2, 0.25) is 11.7 Å². The standard InChI is InChI=1S/C19H12ClFN6O3/c20-11-3-1-2-10(8-11)17-22-14(30-24-17)9-26-16-15(23-25-26)18(28)27(19(16)29)13-6-4-12(21)5-7-13/h1-8,15-16H,9H2. The van der Waals surface area contributed by atoms with Gasteiger partial charge in [-0.15, -0.1) is 0 Å². The maximum absolute atomic E-state index is 13.2. The predicted molar refractivity (Wildman–Crippen MR) is 102 cm³/mol. The Morgan fingerprint density at radius 3 is 2.67 bits per heavy atom. The van der Waals surface area contributed by atoms with Crippen molar-refractivity contribution in [3.05, 3.63) is 65.3 Å². The van der Waals surface area contributed by atoms with Gasteiger partial charge in [-0.1, -0.05) is 34.1 Å². The first-order valence-electron chi connectivity index (χ1n) is 8.90. The molecule has 0 aliphatic carbocycles. The van der Waals surface area contributed by atoms with E-state index >= 15 is 0 Å². The van der Waals surface area contributed by atoms with E-state index in [0.29, 0.717) is 16.4 Å². The minimum Gasteiger partial charge on any atom is -0.337 e. The molecule has 150 valence electrons. The number of anilines is 1. The lowest BCUT2D eigenvalue weighted by Gasteiger charge is -2.19. The Kier molecular flexibility index (Phi) is 4.28. The van der Waals surface area contributed by atoms with Crippen molar-refractivity contribution in [3.8, 4) is 11.4 Å². The SMILES string of the molecule is O=C1C2N=NN(Cc3nc(-c4cccc(Cl)c4)no3)C2C(=O)N1c1ccc(F)cc1. The quantitative estimate of drug-likeness (QED) is 0.594. The number of nitrogens with zero attached hydrogens (tertiary/aromatic N) is 6. The molecule has 0 bridgehead atoms. The third-order valence-electron chi connectivity index (χ3n) is 4.79. The third-order valence-corrected chi connectivity index (χ3v) is 5.03. The van der Waals surface area contributed by atoms with Crippen LogP contribution in [-0.2, 0) is 16.1 Å². The predicted octanol–water partition coefficient (Wildman–Crippen LogP) is 3.02. The van der Waals surface area contributed by atoms with E-state index in [1.165, 1.54) is 29.3 Å². The van der Waals surface area contributed by atoms with Crippen molar-refractivity contribution in [1.29, 1.82) is 0 Å². The molecule has 2 aliphatic heterocycles. The van der Waals surface area contributed by atoms with E-state index in [2.05, 4.69) is 20.5 Å². The Balaban J connectivity index is 1.36. The Morgan fingerprint density at radius 1 is 1.10 bits per heavy atom. The van der Waals surface area contributed by atoms with Crippen molar-refractivity contribution in [2.45, 2.75) is 18.6 Å². The van der Waals surface area contributed by atoms with Crippen LogP contribution in [0.5, 0.6) is 0 Å². The number of amides is 2. The van der Waals surface area contributed by atoms with Crippen LogP contribution in [0.25, 0.3) is 11.4 Å². The van der Waals surface area contributed by atoms with Gasteiger partial charge in [-0.3, -0.25) is 14.6 Å². The minimum atomic E-state index is -0.974. The molecule has 3 aromatic rings. The zero-order valence-electron chi connectivity index (χ0n) is 15.1. The van der Waals surface area contributed by atoms with Crippen LogP contribution in [0.3, 0.4) is 0 Å². The van der Waals surface area contributed by atoms with Gasteiger partial charge in [0.1, 0.15) is 12.4 Å². The molecule has 0 N–H and O–H groups in total. The molecule has 0 radical (unpaired) electrons. The van der Waals surface area contributed by atoms with Gasteiger partial charge in [0.05, 0.1) is 5.69 Å². The first-order valence-corrected chi connectivity index (χ1v) is 9.28. The summed E-state index contributed by atoms with van der Waals surface area (Å²) in [5.41, 5.74) is 0.949. The number of halogens is 2. The lowest BCUT2D eigenvalue weighted by atomic mass is 10.1. The molecule has 5 rings (SSSR count). The van der Waals surface area contributed by atoms with Crippen LogP contribution in [0.2, 0.25) is 5.02 Å². The zero-order chi connectivity index (χ0) is 20.8. The molecule has 11 heteroatoms. The fourth-order valence-corrected chi connectivity index (χ4v) is 3.59. The monoisotopic (exact) mass is 426 g/mol. The molecule has 1 aromatic heterocycles. The summed E-state index contributed by atoms with van der Waals surface area (Å²) in [5.74, 6) is -0.956. The van der Waals surface area contributed by atoms with Crippen molar-refractivity contribution in [3.63, 3.8) is 0 Å². The van der Waals surface area contributed by atoms with Crippen molar-refractivity contribution in [2.75, 3.05) is 4.90 Å². The molecule has 9 nitrogen and oxygen atoms in total. The maximum Gasteiger partial charge on any atom is 0.263 e. The Hall–Kier alpha value is -3.66. The summed E-state index contributed by atoms with van der Waals surface area (Å²) in [6.45, 7) is -0.00545. The van der Waals surface area contributed by atoms with Crippen LogP contribution >= 0.6 is 11.6 Å². The molecule has 2 amide bonds. The molecule has 30 heavy (non-hydrogen) atoms. The molecular weight excluding hydrogens is 415 g/mol. The van der Waals surface area contributed by atoms with Gasteiger partial charge in [-0.2, -0.15) is 10.1 Å². The maximum atomic E-state index is 13.2.